The summed E-state index contributed by atoms with van der Waals surface area (Å²) in [5.41, 5.74) is 2.14. The van der Waals surface area contributed by atoms with Gasteiger partial charge < -0.3 is 15.1 Å². The maximum absolute atomic E-state index is 13.2. The number of anilines is 2. The third-order valence-electron chi connectivity index (χ3n) is 6.01. The van der Waals surface area contributed by atoms with Gasteiger partial charge in [-0.1, -0.05) is 18.2 Å². The number of nitrogens with zero attached hydrogens (tertiary/aromatic N) is 4. The lowest BCUT2D eigenvalue weighted by molar-refractivity contribution is -0.138. The van der Waals surface area contributed by atoms with Crippen molar-refractivity contribution in [3.8, 4) is 0 Å². The molecule has 0 saturated carbocycles. The first-order valence-electron chi connectivity index (χ1n) is 10.3. The molecule has 1 saturated heterocycles. The normalized spacial score (nSPS) is 15.5. The van der Waals surface area contributed by atoms with Crippen LogP contribution in [0.25, 0.3) is 10.8 Å². The Bertz CT molecular complexity index is 1090. The van der Waals surface area contributed by atoms with Crippen LogP contribution in [0.4, 0.5) is 24.7 Å². The number of benzene rings is 2. The Morgan fingerprint density at radius 3 is 2.42 bits per heavy atom. The third kappa shape index (κ3) is 4.44. The lowest BCUT2D eigenvalue weighted by atomic mass is 10.0. The van der Waals surface area contributed by atoms with E-state index >= 15 is 0 Å². The Balaban J connectivity index is 1.64. The number of nitrogens with one attached hydrogen (secondary N) is 1. The van der Waals surface area contributed by atoms with E-state index in [-0.39, 0.29) is 12.1 Å². The van der Waals surface area contributed by atoms with Crippen LogP contribution >= 0.6 is 0 Å². The molecular weight excluding hydrogens is 403 g/mol. The molecule has 1 aromatic heterocycles. The van der Waals surface area contributed by atoms with Crippen molar-refractivity contribution < 1.29 is 13.2 Å². The second-order valence-electron chi connectivity index (χ2n) is 8.10. The Kier molecular flexibility index (Phi) is 5.75. The second-order valence-corrected chi connectivity index (χ2v) is 8.10. The van der Waals surface area contributed by atoms with E-state index in [4.69, 9.17) is 0 Å². The first kappa shape index (κ1) is 21.4. The molecule has 0 spiro atoms. The maximum Gasteiger partial charge on any atom is 0.416 e. The smallest absolute Gasteiger partial charge is 0.369 e. The molecule has 0 atom stereocenters. The number of alkyl halides is 3. The minimum Gasteiger partial charge on any atom is -0.369 e. The summed E-state index contributed by atoms with van der Waals surface area (Å²) in [7, 11) is 2.12. The molecule has 4 rings (SSSR count). The fourth-order valence-corrected chi connectivity index (χ4v) is 4.03. The van der Waals surface area contributed by atoms with Crippen molar-refractivity contribution in [3.05, 3.63) is 58.8 Å². The highest BCUT2D eigenvalue weighted by Crippen LogP contribution is 2.33. The van der Waals surface area contributed by atoms with Gasteiger partial charge in [0.15, 0.2) is 5.82 Å². The van der Waals surface area contributed by atoms with Crippen molar-refractivity contribution >= 4 is 22.3 Å². The molecule has 2 aromatic carbocycles. The number of rotatable bonds is 4. The Labute approximate surface area is 179 Å². The number of halogens is 3. The number of likely N-dealkylation sites (N-methyl/N-ethyl adjacent to an activating group) is 1. The molecule has 5 nitrogen and oxygen atoms in total. The van der Waals surface area contributed by atoms with Gasteiger partial charge in [0.1, 0.15) is 0 Å². The van der Waals surface area contributed by atoms with Crippen molar-refractivity contribution in [1.82, 2.24) is 15.1 Å². The summed E-state index contributed by atoms with van der Waals surface area (Å²) in [4.78, 5) is 4.65. The molecule has 0 unspecified atom stereocenters. The summed E-state index contributed by atoms with van der Waals surface area (Å²) in [5, 5.41) is 13.7. The van der Waals surface area contributed by atoms with Gasteiger partial charge in [0.05, 0.1) is 11.3 Å². The number of aromatic nitrogens is 2. The highest BCUT2D eigenvalue weighted by Gasteiger charge is 2.32. The summed E-state index contributed by atoms with van der Waals surface area (Å²) in [6.07, 6.45) is -4.37. The largest absolute Gasteiger partial charge is 0.416 e. The molecule has 8 heteroatoms. The van der Waals surface area contributed by atoms with E-state index in [0.29, 0.717) is 11.4 Å². The van der Waals surface area contributed by atoms with Gasteiger partial charge in [-0.15, -0.1) is 5.10 Å². The van der Waals surface area contributed by atoms with Gasteiger partial charge in [0, 0.05) is 49.2 Å². The molecule has 2 heterocycles. The topological polar surface area (TPSA) is 44.3 Å². The molecule has 0 amide bonds. The number of piperazine rings is 1. The van der Waals surface area contributed by atoms with Crippen LogP contribution in [0.1, 0.15) is 22.4 Å². The van der Waals surface area contributed by atoms with Crippen molar-refractivity contribution in [2.24, 2.45) is 0 Å². The Morgan fingerprint density at radius 1 is 0.968 bits per heavy atom. The molecule has 3 aromatic rings. The predicted octanol–water partition coefficient (Wildman–Crippen LogP) is 4.63. The molecule has 0 radical (unpaired) electrons. The van der Waals surface area contributed by atoms with Crippen molar-refractivity contribution in [2.75, 3.05) is 43.4 Å². The number of aryl methyl sites for hydroxylation is 1. The van der Waals surface area contributed by atoms with E-state index in [0.717, 1.165) is 54.4 Å². The molecule has 164 valence electrons. The number of hydrogen-bond donors (Lipinski definition) is 1. The van der Waals surface area contributed by atoms with E-state index < -0.39 is 11.7 Å². The second kappa shape index (κ2) is 8.34. The minimum absolute atomic E-state index is 0.227. The van der Waals surface area contributed by atoms with E-state index in [9.17, 15) is 13.2 Å². The monoisotopic (exact) mass is 429 g/mol. The lowest BCUT2D eigenvalue weighted by Gasteiger charge is -2.34. The van der Waals surface area contributed by atoms with Gasteiger partial charge in [-0.3, -0.25) is 0 Å². The van der Waals surface area contributed by atoms with Crippen molar-refractivity contribution in [1.29, 1.82) is 0 Å². The predicted molar refractivity (Wildman–Crippen MR) is 117 cm³/mol. The van der Waals surface area contributed by atoms with Crippen LogP contribution in [0.15, 0.2) is 36.4 Å². The van der Waals surface area contributed by atoms with Crippen LogP contribution in [-0.4, -0.2) is 48.3 Å². The van der Waals surface area contributed by atoms with Crippen LogP contribution in [0, 0.1) is 13.8 Å². The zero-order chi connectivity index (χ0) is 22.2. The van der Waals surface area contributed by atoms with Crippen molar-refractivity contribution in [3.63, 3.8) is 0 Å². The summed E-state index contributed by atoms with van der Waals surface area (Å²) < 4.78 is 39.7. The zero-order valence-electron chi connectivity index (χ0n) is 17.9. The maximum atomic E-state index is 13.2. The third-order valence-corrected chi connectivity index (χ3v) is 6.01. The highest BCUT2D eigenvalue weighted by atomic mass is 19.4. The first-order valence-corrected chi connectivity index (χ1v) is 10.3. The molecular formula is C23H26F3N5. The molecule has 31 heavy (non-hydrogen) atoms. The van der Waals surface area contributed by atoms with E-state index in [1.165, 1.54) is 13.0 Å². The quantitative estimate of drug-likeness (QED) is 0.655. The van der Waals surface area contributed by atoms with Crippen molar-refractivity contribution in [2.45, 2.75) is 26.6 Å². The van der Waals surface area contributed by atoms with E-state index in [2.05, 4.69) is 44.5 Å². The first-order chi connectivity index (χ1) is 14.7. The molecule has 1 aliphatic rings. The molecule has 1 N–H and O–H groups in total. The zero-order valence-corrected chi connectivity index (χ0v) is 17.9. The highest BCUT2D eigenvalue weighted by molar-refractivity contribution is 5.95. The van der Waals surface area contributed by atoms with Gasteiger partial charge in [-0.05, 0) is 50.2 Å². The summed E-state index contributed by atoms with van der Waals surface area (Å²) >= 11 is 0. The summed E-state index contributed by atoms with van der Waals surface area (Å²) in [5.74, 6) is 0.577. The van der Waals surface area contributed by atoms with E-state index in [1.54, 1.807) is 6.07 Å². The lowest BCUT2D eigenvalue weighted by Crippen LogP contribution is -2.44. The number of hydrogen-bond acceptors (Lipinski definition) is 5. The molecule has 1 aliphatic heterocycles. The summed E-state index contributed by atoms with van der Waals surface area (Å²) in [6, 6.07) is 10.5. The minimum atomic E-state index is -4.37. The van der Waals surface area contributed by atoms with Crippen LogP contribution in [-0.2, 0) is 12.7 Å². The molecule has 0 bridgehead atoms. The molecule has 0 aliphatic carbocycles. The molecule has 1 fully saturated rings. The van der Waals surface area contributed by atoms with Crippen LogP contribution < -0.4 is 10.2 Å². The Hall–Kier alpha value is -2.87. The Morgan fingerprint density at radius 2 is 1.71 bits per heavy atom. The average molecular weight is 429 g/mol. The summed E-state index contributed by atoms with van der Waals surface area (Å²) in [6.45, 7) is 7.56. The SMILES string of the molecule is Cc1c(CNc2nnc(C)c3ccc(N4CCN(C)CC4)cc23)cccc1C(F)(F)F. The number of fused-ring (bicyclic) bond motifs is 1. The average Bonchev–Trinajstić information content (AvgIpc) is 2.73. The standard InChI is InChI=1S/C23H26F3N5/c1-15-17(5-4-6-21(15)23(24,25)26)14-27-22-20-13-18(31-11-9-30(3)10-12-31)7-8-19(20)16(2)28-29-22/h4-8,13H,9-12,14H2,1-3H3,(H,27,29). The van der Waals surface area contributed by atoms with E-state index in [1.807, 2.05) is 13.0 Å². The van der Waals surface area contributed by atoms with Gasteiger partial charge in [-0.2, -0.15) is 18.3 Å². The fourth-order valence-electron chi connectivity index (χ4n) is 4.03. The van der Waals surface area contributed by atoms with Crippen LogP contribution in [0.3, 0.4) is 0 Å². The van der Waals surface area contributed by atoms with Crippen LogP contribution in [0.5, 0.6) is 0 Å². The van der Waals surface area contributed by atoms with Gasteiger partial charge >= 0.3 is 6.18 Å². The van der Waals surface area contributed by atoms with Gasteiger partial charge in [0.2, 0.25) is 0 Å². The van der Waals surface area contributed by atoms with Gasteiger partial charge in [-0.25, -0.2) is 0 Å². The fraction of sp³-hybridized carbons (Fsp3) is 0.391. The van der Waals surface area contributed by atoms with Crippen LogP contribution in [0.2, 0.25) is 0 Å². The van der Waals surface area contributed by atoms with Gasteiger partial charge in [0.25, 0.3) is 0 Å².